The van der Waals surface area contributed by atoms with Crippen LogP contribution in [-0.4, -0.2) is 33.2 Å². The molecule has 3 aromatic heterocycles. The van der Waals surface area contributed by atoms with Crippen LogP contribution in [0, 0.1) is 11.6 Å². The van der Waals surface area contributed by atoms with Crippen molar-refractivity contribution < 1.29 is 23.1 Å². The number of aromatic amines is 1. The predicted molar refractivity (Wildman–Crippen MR) is 104 cm³/mol. The smallest absolute Gasteiger partial charge is 0.255 e. The van der Waals surface area contributed by atoms with Gasteiger partial charge in [-0.25, -0.2) is 13.8 Å². The maximum atomic E-state index is 14.8. The van der Waals surface area contributed by atoms with Crippen molar-refractivity contribution in [2.75, 3.05) is 6.61 Å². The molecule has 3 N–H and O–H groups in total. The zero-order chi connectivity index (χ0) is 21.3. The molecule has 150 valence electrons. The lowest BCUT2D eigenvalue weighted by atomic mass is 10.0. The van der Waals surface area contributed by atoms with E-state index in [9.17, 15) is 18.4 Å². The van der Waals surface area contributed by atoms with Gasteiger partial charge >= 0.3 is 0 Å². The molecular formula is C21H14F2N4O3. The fourth-order valence-corrected chi connectivity index (χ4v) is 3.02. The highest BCUT2D eigenvalue weighted by Gasteiger charge is 2.25. The number of nitrogens with two attached hydrogens (primary N) is 1. The van der Waals surface area contributed by atoms with Crippen molar-refractivity contribution in [2.24, 2.45) is 5.73 Å². The van der Waals surface area contributed by atoms with Gasteiger partial charge < -0.3 is 15.5 Å². The standard InChI is InChI=1S/C21H14F2N4O3/c22-15-3-4-16(30-10-17(24)28)19(23)18(15)20(29)14-9-27-21-13(14)6-12(8-26-21)11-2-1-5-25-7-11/h1-9H,10H2,(H2,24,28)(H,26,27). The highest BCUT2D eigenvalue weighted by Crippen LogP contribution is 2.29. The summed E-state index contributed by atoms with van der Waals surface area (Å²) in [5, 5.41) is 0.392. The van der Waals surface area contributed by atoms with Crippen molar-refractivity contribution in [3.63, 3.8) is 0 Å². The number of carbonyl (C=O) groups is 2. The van der Waals surface area contributed by atoms with Gasteiger partial charge in [-0.1, -0.05) is 6.07 Å². The van der Waals surface area contributed by atoms with E-state index < -0.39 is 41.2 Å². The van der Waals surface area contributed by atoms with E-state index in [1.165, 1.54) is 6.20 Å². The van der Waals surface area contributed by atoms with E-state index in [4.69, 9.17) is 10.5 Å². The van der Waals surface area contributed by atoms with Crippen LogP contribution in [0.4, 0.5) is 8.78 Å². The van der Waals surface area contributed by atoms with Gasteiger partial charge in [0.25, 0.3) is 5.91 Å². The van der Waals surface area contributed by atoms with E-state index >= 15 is 0 Å². The van der Waals surface area contributed by atoms with Gasteiger partial charge in [0.2, 0.25) is 5.78 Å². The number of fused-ring (bicyclic) bond motifs is 1. The number of pyridine rings is 2. The van der Waals surface area contributed by atoms with Crippen molar-refractivity contribution in [3.05, 3.63) is 77.9 Å². The molecule has 4 rings (SSSR count). The van der Waals surface area contributed by atoms with E-state index in [0.29, 0.717) is 16.6 Å². The number of carbonyl (C=O) groups excluding carboxylic acids is 2. The number of amides is 1. The van der Waals surface area contributed by atoms with E-state index in [1.807, 2.05) is 6.07 Å². The van der Waals surface area contributed by atoms with Gasteiger partial charge in [0.1, 0.15) is 11.5 Å². The first-order valence-corrected chi connectivity index (χ1v) is 8.77. The van der Waals surface area contributed by atoms with Crippen LogP contribution in [0.25, 0.3) is 22.2 Å². The van der Waals surface area contributed by atoms with E-state index in [-0.39, 0.29) is 5.56 Å². The van der Waals surface area contributed by atoms with Gasteiger partial charge in [0.05, 0.1) is 5.56 Å². The normalized spacial score (nSPS) is 10.9. The Labute approximate surface area is 168 Å². The molecule has 0 aliphatic heterocycles. The Hall–Kier alpha value is -4.14. The first-order valence-electron chi connectivity index (χ1n) is 8.77. The second-order valence-electron chi connectivity index (χ2n) is 6.38. The molecular weight excluding hydrogens is 394 g/mol. The Morgan fingerprint density at radius 1 is 1.13 bits per heavy atom. The van der Waals surface area contributed by atoms with Crippen molar-refractivity contribution in [2.45, 2.75) is 0 Å². The molecule has 0 unspecified atom stereocenters. The van der Waals surface area contributed by atoms with E-state index in [1.54, 1.807) is 30.7 Å². The molecule has 3 heterocycles. The molecule has 0 atom stereocenters. The van der Waals surface area contributed by atoms with Crippen molar-refractivity contribution >= 4 is 22.7 Å². The van der Waals surface area contributed by atoms with Crippen LogP contribution in [0.3, 0.4) is 0 Å². The minimum Gasteiger partial charge on any atom is -0.481 e. The molecule has 0 spiro atoms. The summed E-state index contributed by atoms with van der Waals surface area (Å²) in [4.78, 5) is 35.0. The Balaban J connectivity index is 1.78. The third kappa shape index (κ3) is 3.48. The molecule has 1 amide bonds. The van der Waals surface area contributed by atoms with Gasteiger partial charge in [-0.2, -0.15) is 0 Å². The molecule has 0 saturated carbocycles. The van der Waals surface area contributed by atoms with Gasteiger partial charge in [-0.05, 0) is 24.3 Å². The van der Waals surface area contributed by atoms with Crippen molar-refractivity contribution in [1.29, 1.82) is 0 Å². The minimum atomic E-state index is -1.22. The van der Waals surface area contributed by atoms with Crippen LogP contribution in [0.2, 0.25) is 0 Å². The van der Waals surface area contributed by atoms with E-state index in [2.05, 4.69) is 15.0 Å². The zero-order valence-electron chi connectivity index (χ0n) is 15.4. The first kappa shape index (κ1) is 19.2. The quantitative estimate of drug-likeness (QED) is 0.477. The van der Waals surface area contributed by atoms with Crippen molar-refractivity contribution in [1.82, 2.24) is 15.0 Å². The number of benzene rings is 1. The third-order valence-corrected chi connectivity index (χ3v) is 4.42. The maximum absolute atomic E-state index is 14.8. The van der Waals surface area contributed by atoms with Crippen LogP contribution in [0.5, 0.6) is 5.75 Å². The first-order chi connectivity index (χ1) is 14.5. The molecule has 0 bridgehead atoms. The lowest BCUT2D eigenvalue weighted by Crippen LogP contribution is -2.21. The number of rotatable bonds is 6. The second kappa shape index (κ2) is 7.70. The summed E-state index contributed by atoms with van der Waals surface area (Å²) in [6, 6.07) is 7.14. The number of aromatic nitrogens is 3. The molecule has 0 fully saturated rings. The molecule has 0 aliphatic carbocycles. The maximum Gasteiger partial charge on any atom is 0.255 e. The molecule has 1 aromatic carbocycles. The summed E-state index contributed by atoms with van der Waals surface area (Å²) in [6.45, 7) is -0.609. The fourth-order valence-electron chi connectivity index (χ4n) is 3.02. The van der Waals surface area contributed by atoms with Crippen molar-refractivity contribution in [3.8, 4) is 16.9 Å². The number of ketones is 1. The largest absolute Gasteiger partial charge is 0.481 e. The van der Waals surface area contributed by atoms with Crippen LogP contribution >= 0.6 is 0 Å². The van der Waals surface area contributed by atoms with E-state index in [0.717, 1.165) is 17.7 Å². The summed E-state index contributed by atoms with van der Waals surface area (Å²) in [5.74, 6) is -4.46. The topological polar surface area (TPSA) is 111 Å². The van der Waals surface area contributed by atoms with Crippen LogP contribution < -0.4 is 10.5 Å². The second-order valence-corrected chi connectivity index (χ2v) is 6.38. The Bertz CT molecular complexity index is 1270. The van der Waals surface area contributed by atoms with Crippen LogP contribution in [0.15, 0.2) is 55.1 Å². The number of halogens is 2. The number of hydrogen-bond donors (Lipinski definition) is 2. The molecule has 0 aliphatic rings. The van der Waals surface area contributed by atoms with Gasteiger partial charge in [-0.15, -0.1) is 0 Å². The summed E-state index contributed by atoms with van der Waals surface area (Å²) in [7, 11) is 0. The molecule has 0 radical (unpaired) electrons. The molecule has 0 saturated heterocycles. The number of nitrogens with zero attached hydrogens (tertiary/aromatic N) is 2. The summed E-state index contributed by atoms with van der Waals surface area (Å²) in [5.41, 5.74) is 6.05. The fraction of sp³-hybridized carbons (Fsp3) is 0.0476. The Morgan fingerprint density at radius 3 is 2.70 bits per heavy atom. The molecule has 7 nitrogen and oxygen atoms in total. The highest BCUT2D eigenvalue weighted by atomic mass is 19.1. The lowest BCUT2D eigenvalue weighted by molar-refractivity contribution is -0.120. The average molecular weight is 408 g/mol. The number of nitrogens with one attached hydrogen (secondary N) is 1. The van der Waals surface area contributed by atoms with Gasteiger partial charge in [-0.3, -0.25) is 14.6 Å². The Morgan fingerprint density at radius 2 is 1.97 bits per heavy atom. The SMILES string of the molecule is NC(=O)COc1ccc(F)c(C(=O)c2c[nH]c3ncc(-c4cccnc4)cc23)c1F. The molecule has 9 heteroatoms. The number of ether oxygens (including phenoxy) is 1. The number of primary amides is 1. The van der Waals surface area contributed by atoms with Crippen LogP contribution in [-0.2, 0) is 4.79 Å². The average Bonchev–Trinajstić information content (AvgIpc) is 3.17. The summed E-state index contributed by atoms with van der Waals surface area (Å²) >= 11 is 0. The van der Waals surface area contributed by atoms with Crippen LogP contribution in [0.1, 0.15) is 15.9 Å². The molecule has 4 aromatic rings. The summed E-state index contributed by atoms with van der Waals surface area (Å²) in [6.07, 6.45) is 6.20. The van der Waals surface area contributed by atoms with Gasteiger partial charge in [0, 0.05) is 46.9 Å². The number of H-pyrrole nitrogens is 1. The predicted octanol–water partition coefficient (Wildman–Crippen LogP) is 3.00. The highest BCUT2D eigenvalue weighted by molar-refractivity contribution is 6.16. The monoisotopic (exact) mass is 408 g/mol. The Kier molecular flexibility index (Phi) is 4.93. The number of hydrogen-bond acceptors (Lipinski definition) is 5. The van der Waals surface area contributed by atoms with Gasteiger partial charge in [0.15, 0.2) is 18.2 Å². The third-order valence-electron chi connectivity index (χ3n) is 4.42. The zero-order valence-corrected chi connectivity index (χ0v) is 15.4. The minimum absolute atomic E-state index is 0.0353. The summed E-state index contributed by atoms with van der Waals surface area (Å²) < 4.78 is 34.1. The lowest BCUT2D eigenvalue weighted by Gasteiger charge is -2.09. The molecule has 30 heavy (non-hydrogen) atoms.